The Balaban J connectivity index is 1.93. The van der Waals surface area contributed by atoms with E-state index >= 15 is 0 Å². The largest absolute Gasteiger partial charge is 0.468 e. The van der Waals surface area contributed by atoms with Crippen LogP contribution in [0.2, 0.25) is 5.02 Å². The maximum Gasteiger partial charge on any atom is 0.336 e. The number of nitrogens with zero attached hydrogens (tertiary/aromatic N) is 1. The summed E-state index contributed by atoms with van der Waals surface area (Å²) in [5.41, 5.74) is 5.30. The molecule has 0 spiro atoms. The Morgan fingerprint density at radius 2 is 1.87 bits per heavy atom. The molecule has 0 bridgehead atoms. The SMILES string of the molecule is COC(=O)C1C(C)=NC(C)=C(C(=O)OCCc2cc(C)[nH]c2C)C1c1ccccc1Cl. The molecule has 0 aliphatic carbocycles. The van der Waals surface area contributed by atoms with Gasteiger partial charge in [-0.25, -0.2) is 4.79 Å². The lowest BCUT2D eigenvalue weighted by atomic mass is 9.75. The molecule has 1 aromatic carbocycles. The minimum Gasteiger partial charge on any atom is -0.468 e. The van der Waals surface area contributed by atoms with Gasteiger partial charge in [-0.3, -0.25) is 9.79 Å². The number of halogens is 1. The quantitative estimate of drug-likeness (QED) is 0.658. The Labute approximate surface area is 187 Å². The van der Waals surface area contributed by atoms with Crippen LogP contribution >= 0.6 is 11.6 Å². The molecule has 1 aliphatic heterocycles. The Morgan fingerprint density at radius 1 is 1.16 bits per heavy atom. The maximum absolute atomic E-state index is 13.2. The molecular weight excluding hydrogens is 416 g/mol. The summed E-state index contributed by atoms with van der Waals surface area (Å²) in [6, 6.07) is 9.22. The molecule has 3 rings (SSSR count). The van der Waals surface area contributed by atoms with E-state index in [1.807, 2.05) is 32.0 Å². The third-order valence-electron chi connectivity index (χ3n) is 5.61. The van der Waals surface area contributed by atoms with Gasteiger partial charge in [0.2, 0.25) is 0 Å². The lowest BCUT2D eigenvalue weighted by Gasteiger charge is -2.31. The summed E-state index contributed by atoms with van der Waals surface area (Å²) in [5, 5.41) is 0.465. The van der Waals surface area contributed by atoms with E-state index in [9.17, 15) is 9.59 Å². The molecule has 2 heterocycles. The summed E-state index contributed by atoms with van der Waals surface area (Å²) in [5.74, 6) is -2.37. The zero-order valence-electron chi connectivity index (χ0n) is 18.4. The Hall–Kier alpha value is -2.86. The number of nitrogens with one attached hydrogen (secondary N) is 1. The number of carbonyl (C=O) groups excluding carboxylic acids is 2. The predicted molar refractivity (Wildman–Crippen MR) is 120 cm³/mol. The molecule has 0 radical (unpaired) electrons. The van der Waals surface area contributed by atoms with Gasteiger partial charge in [-0.05, 0) is 51.0 Å². The molecule has 2 atom stereocenters. The molecule has 0 fully saturated rings. The van der Waals surface area contributed by atoms with E-state index in [1.54, 1.807) is 26.0 Å². The zero-order valence-corrected chi connectivity index (χ0v) is 19.2. The number of aromatic nitrogens is 1. The van der Waals surface area contributed by atoms with Crippen LogP contribution in [0, 0.1) is 19.8 Å². The molecule has 1 aliphatic rings. The highest BCUT2D eigenvalue weighted by Crippen LogP contribution is 2.42. The van der Waals surface area contributed by atoms with Crippen LogP contribution in [-0.2, 0) is 25.5 Å². The topological polar surface area (TPSA) is 80.8 Å². The van der Waals surface area contributed by atoms with Crippen LogP contribution in [0.5, 0.6) is 0 Å². The van der Waals surface area contributed by atoms with Crippen molar-refractivity contribution in [2.75, 3.05) is 13.7 Å². The van der Waals surface area contributed by atoms with Crippen molar-refractivity contribution in [3.63, 3.8) is 0 Å². The van der Waals surface area contributed by atoms with E-state index < -0.39 is 23.8 Å². The minimum atomic E-state index is -0.759. The van der Waals surface area contributed by atoms with Crippen LogP contribution in [0.3, 0.4) is 0 Å². The van der Waals surface area contributed by atoms with Crippen molar-refractivity contribution in [1.82, 2.24) is 4.98 Å². The first-order chi connectivity index (χ1) is 14.7. The number of methoxy groups -OCH3 is 1. The standard InChI is InChI=1S/C24H27ClN2O4/c1-13-12-17(14(2)26-13)10-11-31-24(29)21-16(4)27-15(3)20(23(28)30-5)22(21)18-8-6-7-9-19(18)25/h6-9,12,20,22,26H,10-11H2,1-5H3. The van der Waals surface area contributed by atoms with Crippen molar-refractivity contribution in [2.45, 2.75) is 40.0 Å². The van der Waals surface area contributed by atoms with E-state index in [4.69, 9.17) is 21.1 Å². The highest BCUT2D eigenvalue weighted by Gasteiger charge is 2.42. The van der Waals surface area contributed by atoms with Crippen molar-refractivity contribution in [2.24, 2.45) is 10.9 Å². The lowest BCUT2D eigenvalue weighted by Crippen LogP contribution is -2.36. The van der Waals surface area contributed by atoms with Gasteiger partial charge in [0.25, 0.3) is 0 Å². The van der Waals surface area contributed by atoms with Crippen molar-refractivity contribution in [3.05, 3.63) is 69.1 Å². The van der Waals surface area contributed by atoms with Crippen LogP contribution in [0.1, 0.15) is 42.3 Å². The number of esters is 2. The van der Waals surface area contributed by atoms with Crippen LogP contribution in [0.4, 0.5) is 0 Å². The molecule has 1 aromatic heterocycles. The van der Waals surface area contributed by atoms with Crippen LogP contribution < -0.4 is 0 Å². The molecule has 0 saturated heterocycles. The normalized spacial score (nSPS) is 18.6. The molecule has 1 N–H and O–H groups in total. The maximum atomic E-state index is 13.2. The van der Waals surface area contributed by atoms with Crippen LogP contribution in [-0.4, -0.2) is 36.4 Å². The van der Waals surface area contributed by atoms with E-state index in [0.717, 1.165) is 17.0 Å². The van der Waals surface area contributed by atoms with E-state index in [1.165, 1.54) is 7.11 Å². The fourth-order valence-electron chi connectivity index (χ4n) is 4.17. The number of ether oxygens (including phenoxy) is 2. The number of rotatable bonds is 6. The fraction of sp³-hybridized carbons (Fsp3) is 0.375. The second-order valence-corrected chi connectivity index (χ2v) is 8.15. The number of aliphatic imine (C=N–C) groups is 1. The minimum absolute atomic E-state index is 0.217. The van der Waals surface area contributed by atoms with E-state index in [-0.39, 0.29) is 6.61 Å². The molecular formula is C24H27ClN2O4. The fourth-order valence-corrected chi connectivity index (χ4v) is 4.42. The van der Waals surface area contributed by atoms with Gasteiger partial charge in [0.15, 0.2) is 0 Å². The van der Waals surface area contributed by atoms with Crippen molar-refractivity contribution in [3.8, 4) is 0 Å². The average Bonchev–Trinajstić information content (AvgIpc) is 3.04. The number of allylic oxidation sites excluding steroid dienone is 1. The van der Waals surface area contributed by atoms with Gasteiger partial charge in [0, 0.05) is 40.2 Å². The van der Waals surface area contributed by atoms with Gasteiger partial charge in [0.1, 0.15) is 5.92 Å². The van der Waals surface area contributed by atoms with Crippen molar-refractivity contribution >= 4 is 29.3 Å². The number of aromatic amines is 1. The Morgan fingerprint density at radius 3 is 2.48 bits per heavy atom. The molecule has 7 heteroatoms. The lowest BCUT2D eigenvalue weighted by molar-refractivity contribution is -0.144. The van der Waals surface area contributed by atoms with E-state index in [2.05, 4.69) is 9.98 Å². The van der Waals surface area contributed by atoms with E-state index in [0.29, 0.717) is 34.0 Å². The number of hydrogen-bond acceptors (Lipinski definition) is 5. The number of carbonyl (C=O) groups is 2. The monoisotopic (exact) mass is 442 g/mol. The van der Waals surface area contributed by atoms with Gasteiger partial charge in [0.05, 0.1) is 19.3 Å². The van der Waals surface area contributed by atoms with Crippen molar-refractivity contribution < 1.29 is 19.1 Å². The number of aryl methyl sites for hydroxylation is 2. The molecule has 0 saturated carbocycles. The predicted octanol–water partition coefficient (Wildman–Crippen LogP) is 4.69. The summed E-state index contributed by atoms with van der Waals surface area (Å²) in [6.45, 7) is 7.70. The van der Waals surface area contributed by atoms with Gasteiger partial charge < -0.3 is 14.5 Å². The summed E-state index contributed by atoms with van der Waals surface area (Å²) in [4.78, 5) is 33.6. The molecule has 2 aromatic rings. The van der Waals surface area contributed by atoms with Crippen molar-refractivity contribution in [1.29, 1.82) is 0 Å². The number of H-pyrrole nitrogens is 1. The first kappa shape index (κ1) is 22.8. The first-order valence-corrected chi connectivity index (χ1v) is 10.5. The first-order valence-electron chi connectivity index (χ1n) is 10.1. The van der Waals surface area contributed by atoms with Crippen LogP contribution in [0.25, 0.3) is 0 Å². The third-order valence-corrected chi connectivity index (χ3v) is 5.95. The summed E-state index contributed by atoms with van der Waals surface area (Å²) in [6.07, 6.45) is 0.591. The molecule has 2 unspecified atom stereocenters. The smallest absolute Gasteiger partial charge is 0.336 e. The Bertz CT molecular complexity index is 1070. The summed E-state index contributed by atoms with van der Waals surface area (Å²) in [7, 11) is 1.32. The van der Waals surface area contributed by atoms with Gasteiger partial charge in [-0.15, -0.1) is 0 Å². The second-order valence-electron chi connectivity index (χ2n) is 7.74. The number of benzene rings is 1. The average molecular weight is 443 g/mol. The molecule has 164 valence electrons. The molecule has 31 heavy (non-hydrogen) atoms. The summed E-state index contributed by atoms with van der Waals surface area (Å²) < 4.78 is 10.7. The summed E-state index contributed by atoms with van der Waals surface area (Å²) >= 11 is 6.47. The molecule has 0 amide bonds. The second kappa shape index (κ2) is 9.52. The highest BCUT2D eigenvalue weighted by molar-refractivity contribution is 6.31. The van der Waals surface area contributed by atoms with Crippen LogP contribution in [0.15, 0.2) is 46.6 Å². The highest BCUT2D eigenvalue weighted by atomic mass is 35.5. The van der Waals surface area contributed by atoms with Gasteiger partial charge >= 0.3 is 11.9 Å². The van der Waals surface area contributed by atoms with Gasteiger partial charge in [-0.1, -0.05) is 29.8 Å². The number of hydrogen-bond donors (Lipinski definition) is 1. The zero-order chi connectivity index (χ0) is 22.7. The third kappa shape index (κ3) is 4.74. The molecule has 6 nitrogen and oxygen atoms in total. The van der Waals surface area contributed by atoms with Gasteiger partial charge in [-0.2, -0.15) is 0 Å². The Kier molecular flexibility index (Phi) is 7.01.